The number of esters is 1. The fraction of sp³-hybridized carbons (Fsp3) is 0.120. The number of ether oxygens (including phenoxy) is 1. The van der Waals surface area contributed by atoms with Gasteiger partial charge in [-0.3, -0.25) is 4.79 Å². The van der Waals surface area contributed by atoms with Crippen LogP contribution in [0, 0.1) is 0 Å². The average molecular weight is 413 g/mol. The van der Waals surface area contributed by atoms with Crippen molar-refractivity contribution in [3.05, 3.63) is 95.1 Å². The van der Waals surface area contributed by atoms with Gasteiger partial charge in [0.2, 0.25) is 0 Å². The summed E-state index contributed by atoms with van der Waals surface area (Å²) in [5.41, 5.74) is 11.4. The third-order valence-corrected chi connectivity index (χ3v) is 5.15. The van der Waals surface area contributed by atoms with Gasteiger partial charge in [-0.1, -0.05) is 48.5 Å². The quantitative estimate of drug-likeness (QED) is 0.421. The largest absolute Gasteiger partial charge is 0.465 e. The van der Waals surface area contributed by atoms with Gasteiger partial charge in [0.25, 0.3) is 5.91 Å². The summed E-state index contributed by atoms with van der Waals surface area (Å²) in [7, 11) is 1.33. The monoisotopic (exact) mass is 413 g/mol. The van der Waals surface area contributed by atoms with E-state index in [9.17, 15) is 9.59 Å². The summed E-state index contributed by atoms with van der Waals surface area (Å²) >= 11 is 0. The van der Waals surface area contributed by atoms with Crippen molar-refractivity contribution in [3.8, 4) is 0 Å². The molecule has 1 aliphatic heterocycles. The minimum absolute atomic E-state index is 0.233. The second kappa shape index (κ2) is 8.85. The summed E-state index contributed by atoms with van der Waals surface area (Å²) in [6, 6.07) is 22.7. The minimum Gasteiger partial charge on any atom is -0.465 e. The van der Waals surface area contributed by atoms with E-state index in [1.54, 1.807) is 18.2 Å². The molecule has 0 saturated heterocycles. The first-order chi connectivity index (χ1) is 15.1. The van der Waals surface area contributed by atoms with Crippen LogP contribution in [0.5, 0.6) is 0 Å². The Labute approximate surface area is 180 Å². The van der Waals surface area contributed by atoms with Gasteiger partial charge in [-0.25, -0.2) is 4.79 Å². The summed E-state index contributed by atoms with van der Waals surface area (Å²) < 4.78 is 4.79. The van der Waals surface area contributed by atoms with Crippen molar-refractivity contribution < 1.29 is 14.3 Å². The van der Waals surface area contributed by atoms with E-state index in [4.69, 9.17) is 10.5 Å². The van der Waals surface area contributed by atoms with Crippen LogP contribution in [0.15, 0.2) is 72.8 Å². The Morgan fingerprint density at radius 2 is 1.74 bits per heavy atom. The number of amides is 1. The number of rotatable bonds is 6. The molecule has 156 valence electrons. The van der Waals surface area contributed by atoms with Crippen molar-refractivity contribution in [1.82, 2.24) is 0 Å². The maximum atomic E-state index is 13.0. The average Bonchev–Trinajstić information content (AvgIpc) is 3.13. The number of carbonyl (C=O) groups excluding carboxylic acids is 2. The highest BCUT2D eigenvalue weighted by atomic mass is 16.5. The smallest absolute Gasteiger partial charge is 0.337 e. The second-order valence-electron chi connectivity index (χ2n) is 7.18. The molecule has 6 nitrogen and oxygen atoms in total. The van der Waals surface area contributed by atoms with Crippen LogP contribution in [-0.4, -0.2) is 25.5 Å². The number of carbonyl (C=O) groups is 2. The molecule has 3 aromatic carbocycles. The molecule has 6 heteroatoms. The van der Waals surface area contributed by atoms with Gasteiger partial charge in [0.05, 0.1) is 29.6 Å². The van der Waals surface area contributed by atoms with E-state index in [0.29, 0.717) is 29.1 Å². The third kappa shape index (κ3) is 4.20. The van der Waals surface area contributed by atoms with Crippen LogP contribution in [0.2, 0.25) is 0 Å². The molecule has 4 N–H and O–H groups in total. The van der Waals surface area contributed by atoms with Crippen molar-refractivity contribution in [2.45, 2.75) is 6.42 Å². The SMILES string of the molecule is COC(=O)c1ccc2c(c1)NC(=O)C2=C(Nc1ccc(CCN)cc1)c1ccccc1. The van der Waals surface area contributed by atoms with Gasteiger partial charge in [-0.2, -0.15) is 0 Å². The summed E-state index contributed by atoms with van der Waals surface area (Å²) in [6.07, 6.45) is 0.811. The zero-order valence-electron chi connectivity index (χ0n) is 17.1. The highest BCUT2D eigenvalue weighted by molar-refractivity contribution is 6.37. The van der Waals surface area contributed by atoms with Crippen LogP contribution >= 0.6 is 0 Å². The number of methoxy groups -OCH3 is 1. The van der Waals surface area contributed by atoms with Crippen LogP contribution in [-0.2, 0) is 16.0 Å². The van der Waals surface area contributed by atoms with Gasteiger partial charge < -0.3 is 21.1 Å². The lowest BCUT2D eigenvalue weighted by molar-refractivity contribution is -0.110. The fourth-order valence-corrected chi connectivity index (χ4v) is 3.62. The van der Waals surface area contributed by atoms with Crippen molar-refractivity contribution in [3.63, 3.8) is 0 Å². The molecule has 0 aliphatic carbocycles. The van der Waals surface area contributed by atoms with E-state index in [1.165, 1.54) is 7.11 Å². The molecular weight excluding hydrogens is 390 g/mol. The molecule has 1 amide bonds. The Balaban J connectivity index is 1.80. The molecule has 3 aromatic rings. The Morgan fingerprint density at radius 1 is 1.00 bits per heavy atom. The van der Waals surface area contributed by atoms with Crippen molar-refractivity contribution in [2.24, 2.45) is 5.73 Å². The van der Waals surface area contributed by atoms with Gasteiger partial charge in [0.15, 0.2) is 0 Å². The maximum absolute atomic E-state index is 13.0. The first kappa shape index (κ1) is 20.4. The summed E-state index contributed by atoms with van der Waals surface area (Å²) in [5.74, 6) is -0.684. The second-order valence-corrected chi connectivity index (χ2v) is 7.18. The van der Waals surface area contributed by atoms with E-state index >= 15 is 0 Å². The lowest BCUT2D eigenvalue weighted by atomic mass is 9.99. The first-order valence-corrected chi connectivity index (χ1v) is 10.0. The Bertz CT molecular complexity index is 1150. The van der Waals surface area contributed by atoms with Crippen molar-refractivity contribution >= 4 is 34.5 Å². The number of nitrogens with one attached hydrogen (secondary N) is 2. The molecule has 1 aliphatic rings. The summed E-state index contributed by atoms with van der Waals surface area (Å²) in [4.78, 5) is 24.9. The van der Waals surface area contributed by atoms with Crippen LogP contribution in [0.3, 0.4) is 0 Å². The topological polar surface area (TPSA) is 93.4 Å². The predicted octanol–water partition coefficient (Wildman–Crippen LogP) is 3.91. The zero-order valence-corrected chi connectivity index (χ0v) is 17.1. The molecule has 0 unspecified atom stereocenters. The predicted molar refractivity (Wildman–Crippen MR) is 122 cm³/mol. The van der Waals surface area contributed by atoms with E-state index < -0.39 is 5.97 Å². The molecule has 0 spiro atoms. The van der Waals surface area contributed by atoms with Gasteiger partial charge in [0.1, 0.15) is 0 Å². The summed E-state index contributed by atoms with van der Waals surface area (Å²) in [6.45, 7) is 0.594. The molecule has 31 heavy (non-hydrogen) atoms. The van der Waals surface area contributed by atoms with Gasteiger partial charge >= 0.3 is 5.97 Å². The van der Waals surface area contributed by atoms with Crippen LogP contribution in [0.4, 0.5) is 11.4 Å². The molecule has 1 heterocycles. The highest BCUT2D eigenvalue weighted by Gasteiger charge is 2.29. The first-order valence-electron chi connectivity index (χ1n) is 10.0. The van der Waals surface area contributed by atoms with Crippen molar-refractivity contribution in [2.75, 3.05) is 24.3 Å². The number of benzene rings is 3. The Hall–Kier alpha value is -3.90. The maximum Gasteiger partial charge on any atom is 0.337 e. The minimum atomic E-state index is -0.451. The number of hydrogen-bond acceptors (Lipinski definition) is 5. The molecule has 0 atom stereocenters. The zero-order chi connectivity index (χ0) is 21.8. The van der Waals surface area contributed by atoms with Gasteiger partial charge in [0, 0.05) is 11.3 Å². The number of anilines is 2. The van der Waals surface area contributed by atoms with Crippen LogP contribution in [0.25, 0.3) is 11.3 Å². The lowest BCUT2D eigenvalue weighted by Crippen LogP contribution is -2.10. The van der Waals surface area contributed by atoms with E-state index in [0.717, 1.165) is 28.8 Å². The van der Waals surface area contributed by atoms with Gasteiger partial charge in [-0.05, 0) is 48.4 Å². The fourth-order valence-electron chi connectivity index (χ4n) is 3.62. The standard InChI is InChI=1S/C25H23N3O3/c1-31-25(30)18-9-12-20-21(15-18)28-24(29)22(20)23(17-5-3-2-4-6-17)27-19-10-7-16(8-11-19)13-14-26/h2-12,15,27H,13-14,26H2,1H3,(H,28,29). The summed E-state index contributed by atoms with van der Waals surface area (Å²) in [5, 5.41) is 6.29. The van der Waals surface area contributed by atoms with Crippen molar-refractivity contribution in [1.29, 1.82) is 0 Å². The normalized spacial score (nSPS) is 13.9. The van der Waals surface area contributed by atoms with Gasteiger partial charge in [-0.15, -0.1) is 0 Å². The number of hydrogen-bond donors (Lipinski definition) is 3. The molecule has 4 rings (SSSR count). The van der Waals surface area contributed by atoms with E-state index in [-0.39, 0.29) is 5.91 Å². The molecule has 0 saturated carbocycles. The molecule has 0 fully saturated rings. The third-order valence-electron chi connectivity index (χ3n) is 5.15. The Kier molecular flexibility index (Phi) is 5.82. The number of nitrogens with two attached hydrogens (primary N) is 1. The van der Waals surface area contributed by atoms with E-state index in [1.807, 2.05) is 54.6 Å². The number of fused-ring (bicyclic) bond motifs is 1. The molecule has 0 radical (unpaired) electrons. The van der Waals surface area contributed by atoms with Crippen LogP contribution in [0.1, 0.15) is 27.0 Å². The molecule has 0 aromatic heterocycles. The molecular formula is C25H23N3O3. The Morgan fingerprint density at radius 3 is 2.42 bits per heavy atom. The van der Waals surface area contributed by atoms with Crippen LogP contribution < -0.4 is 16.4 Å². The van der Waals surface area contributed by atoms with E-state index in [2.05, 4.69) is 10.6 Å². The molecule has 0 bridgehead atoms. The lowest BCUT2D eigenvalue weighted by Gasteiger charge is -2.15. The highest BCUT2D eigenvalue weighted by Crippen LogP contribution is 2.38.